The average molecular weight is 333 g/mol. The van der Waals surface area contributed by atoms with Crippen molar-refractivity contribution in [3.05, 3.63) is 35.6 Å². The molecule has 0 spiro atoms. The Labute approximate surface area is 144 Å². The highest BCUT2D eigenvalue weighted by atomic mass is 19.1. The number of nitrogens with one attached hydrogen (secondary N) is 1. The van der Waals surface area contributed by atoms with Gasteiger partial charge in [-0.05, 0) is 50.6 Å². The molecule has 0 radical (unpaired) electrons. The fourth-order valence-corrected chi connectivity index (χ4v) is 3.71. The first kappa shape index (κ1) is 17.4. The Morgan fingerprint density at radius 3 is 2.62 bits per heavy atom. The van der Waals surface area contributed by atoms with E-state index >= 15 is 0 Å². The number of benzene rings is 1. The van der Waals surface area contributed by atoms with Gasteiger partial charge in [0.2, 0.25) is 5.91 Å². The molecule has 5 heteroatoms. The second-order valence-corrected chi connectivity index (χ2v) is 7.20. The summed E-state index contributed by atoms with van der Waals surface area (Å²) in [7, 11) is 2.15. The maximum Gasteiger partial charge on any atom is 0.230 e. The molecule has 2 aliphatic rings. The molecule has 1 aromatic carbocycles. The monoisotopic (exact) mass is 333 g/mol. The van der Waals surface area contributed by atoms with Crippen LogP contribution in [0.25, 0.3) is 0 Å². The minimum atomic E-state index is -0.504. The highest BCUT2D eigenvalue weighted by molar-refractivity contribution is 5.89. The minimum Gasteiger partial charge on any atom is -0.355 e. The van der Waals surface area contributed by atoms with Crippen LogP contribution < -0.4 is 5.32 Å². The predicted octanol–water partition coefficient (Wildman–Crippen LogP) is 2.00. The van der Waals surface area contributed by atoms with Gasteiger partial charge >= 0.3 is 0 Å². The minimum absolute atomic E-state index is 0.0673. The molecule has 1 aromatic rings. The topological polar surface area (TPSA) is 35.6 Å². The molecule has 1 saturated heterocycles. The van der Waals surface area contributed by atoms with Crippen molar-refractivity contribution in [3.8, 4) is 0 Å². The smallest absolute Gasteiger partial charge is 0.230 e. The Hall–Kier alpha value is -1.46. The van der Waals surface area contributed by atoms with Crippen molar-refractivity contribution >= 4 is 5.91 Å². The fourth-order valence-electron chi connectivity index (χ4n) is 3.71. The number of rotatable bonds is 6. The van der Waals surface area contributed by atoms with E-state index in [0.29, 0.717) is 6.54 Å². The summed E-state index contributed by atoms with van der Waals surface area (Å²) < 4.78 is 13.5. The standard InChI is InChI=1S/C19H28FN3O/c1-22-11-13-23(14-12-22)10-4-9-21-18(24)19(7-3-8-19)16-5-2-6-17(20)15-16/h2,5-6,15H,3-4,7-14H2,1H3,(H,21,24). The van der Waals surface area contributed by atoms with E-state index in [-0.39, 0.29) is 11.7 Å². The molecule has 3 rings (SSSR count). The highest BCUT2D eigenvalue weighted by Crippen LogP contribution is 2.44. The van der Waals surface area contributed by atoms with E-state index < -0.39 is 5.41 Å². The highest BCUT2D eigenvalue weighted by Gasteiger charge is 2.45. The van der Waals surface area contributed by atoms with Gasteiger partial charge in [0.05, 0.1) is 5.41 Å². The summed E-state index contributed by atoms with van der Waals surface area (Å²) in [6.45, 7) is 6.18. The normalized spacial score (nSPS) is 21.2. The molecule has 0 atom stereocenters. The molecule has 132 valence electrons. The van der Waals surface area contributed by atoms with E-state index in [1.54, 1.807) is 6.07 Å². The van der Waals surface area contributed by atoms with Crippen LogP contribution in [-0.2, 0) is 10.2 Å². The molecular formula is C19H28FN3O. The summed E-state index contributed by atoms with van der Waals surface area (Å²) in [6.07, 6.45) is 3.64. The van der Waals surface area contributed by atoms with Gasteiger partial charge in [0.1, 0.15) is 5.82 Å². The van der Waals surface area contributed by atoms with E-state index in [1.165, 1.54) is 12.1 Å². The van der Waals surface area contributed by atoms with Crippen LogP contribution in [0.2, 0.25) is 0 Å². The van der Waals surface area contributed by atoms with Crippen LogP contribution in [0.1, 0.15) is 31.2 Å². The summed E-state index contributed by atoms with van der Waals surface area (Å²) in [5.74, 6) is -0.195. The number of hydrogen-bond acceptors (Lipinski definition) is 3. The van der Waals surface area contributed by atoms with Crippen LogP contribution in [-0.4, -0.2) is 62.0 Å². The van der Waals surface area contributed by atoms with Gasteiger partial charge in [-0.1, -0.05) is 18.6 Å². The van der Waals surface area contributed by atoms with Gasteiger partial charge < -0.3 is 15.1 Å². The van der Waals surface area contributed by atoms with Gasteiger partial charge in [-0.25, -0.2) is 4.39 Å². The largest absolute Gasteiger partial charge is 0.355 e. The van der Waals surface area contributed by atoms with E-state index in [0.717, 1.165) is 64.0 Å². The number of hydrogen-bond donors (Lipinski definition) is 1. The van der Waals surface area contributed by atoms with Crippen molar-refractivity contribution in [3.63, 3.8) is 0 Å². The van der Waals surface area contributed by atoms with Crippen LogP contribution in [0.15, 0.2) is 24.3 Å². The summed E-state index contributed by atoms with van der Waals surface area (Å²) in [6, 6.07) is 6.53. The van der Waals surface area contributed by atoms with Crippen molar-refractivity contribution in [2.75, 3.05) is 46.3 Å². The maximum atomic E-state index is 13.5. The first-order valence-electron chi connectivity index (χ1n) is 9.05. The summed E-state index contributed by atoms with van der Waals surface area (Å²) in [5.41, 5.74) is 0.320. The summed E-state index contributed by atoms with van der Waals surface area (Å²) in [5, 5.41) is 3.09. The third-order valence-corrected chi connectivity index (χ3v) is 5.55. The van der Waals surface area contributed by atoms with Crippen molar-refractivity contribution in [2.24, 2.45) is 0 Å². The van der Waals surface area contributed by atoms with Crippen molar-refractivity contribution in [1.29, 1.82) is 0 Å². The zero-order valence-electron chi connectivity index (χ0n) is 14.6. The molecule has 1 amide bonds. The van der Waals surface area contributed by atoms with Crippen LogP contribution >= 0.6 is 0 Å². The van der Waals surface area contributed by atoms with Gasteiger partial charge in [0.15, 0.2) is 0 Å². The maximum absolute atomic E-state index is 13.5. The second-order valence-electron chi connectivity index (χ2n) is 7.20. The van der Waals surface area contributed by atoms with E-state index in [9.17, 15) is 9.18 Å². The average Bonchev–Trinajstić information content (AvgIpc) is 2.52. The molecule has 1 saturated carbocycles. The predicted molar refractivity (Wildman–Crippen MR) is 93.5 cm³/mol. The first-order valence-corrected chi connectivity index (χ1v) is 9.05. The Morgan fingerprint density at radius 2 is 2.00 bits per heavy atom. The zero-order valence-corrected chi connectivity index (χ0v) is 14.6. The van der Waals surface area contributed by atoms with Gasteiger partial charge in [-0.2, -0.15) is 0 Å². The molecule has 1 aliphatic carbocycles. The molecule has 1 heterocycles. The summed E-state index contributed by atoms with van der Waals surface area (Å²) in [4.78, 5) is 17.5. The van der Waals surface area contributed by atoms with Gasteiger partial charge in [0, 0.05) is 32.7 Å². The van der Waals surface area contributed by atoms with E-state index in [4.69, 9.17) is 0 Å². The molecule has 2 fully saturated rings. The Bertz CT molecular complexity index is 565. The Balaban J connectivity index is 1.47. The molecule has 1 aliphatic heterocycles. The van der Waals surface area contributed by atoms with Crippen LogP contribution in [0.4, 0.5) is 4.39 Å². The van der Waals surface area contributed by atoms with Gasteiger partial charge in [-0.15, -0.1) is 0 Å². The molecule has 0 unspecified atom stereocenters. The number of carbonyl (C=O) groups excluding carboxylic acids is 1. The second kappa shape index (κ2) is 7.62. The lowest BCUT2D eigenvalue weighted by Gasteiger charge is -2.40. The zero-order chi connectivity index (χ0) is 17.0. The van der Waals surface area contributed by atoms with Gasteiger partial charge in [-0.3, -0.25) is 4.79 Å². The lowest BCUT2D eigenvalue weighted by molar-refractivity contribution is -0.129. The van der Waals surface area contributed by atoms with Crippen LogP contribution in [0.3, 0.4) is 0 Å². The van der Waals surface area contributed by atoms with Crippen LogP contribution in [0.5, 0.6) is 0 Å². The Kier molecular flexibility index (Phi) is 5.51. The quantitative estimate of drug-likeness (QED) is 0.809. The van der Waals surface area contributed by atoms with Crippen molar-refractivity contribution in [1.82, 2.24) is 15.1 Å². The number of amides is 1. The number of nitrogens with zero attached hydrogens (tertiary/aromatic N) is 2. The number of carbonyl (C=O) groups is 1. The van der Waals surface area contributed by atoms with Gasteiger partial charge in [0.25, 0.3) is 0 Å². The molecule has 4 nitrogen and oxygen atoms in total. The van der Waals surface area contributed by atoms with E-state index in [2.05, 4.69) is 22.2 Å². The number of halogens is 1. The molecule has 1 N–H and O–H groups in total. The third kappa shape index (κ3) is 3.78. The van der Waals surface area contributed by atoms with E-state index in [1.807, 2.05) is 6.07 Å². The number of piperazine rings is 1. The third-order valence-electron chi connectivity index (χ3n) is 5.55. The van der Waals surface area contributed by atoms with Crippen molar-refractivity contribution in [2.45, 2.75) is 31.1 Å². The van der Waals surface area contributed by atoms with Crippen molar-refractivity contribution < 1.29 is 9.18 Å². The SMILES string of the molecule is CN1CCN(CCCNC(=O)C2(c3cccc(F)c3)CCC2)CC1. The molecule has 24 heavy (non-hydrogen) atoms. The lowest BCUT2D eigenvalue weighted by Crippen LogP contribution is -2.50. The number of likely N-dealkylation sites (N-methyl/N-ethyl adjacent to an activating group) is 1. The van der Waals surface area contributed by atoms with Crippen LogP contribution in [0, 0.1) is 5.82 Å². The Morgan fingerprint density at radius 1 is 1.25 bits per heavy atom. The summed E-state index contributed by atoms with van der Waals surface area (Å²) >= 11 is 0. The molecule has 0 bridgehead atoms. The lowest BCUT2D eigenvalue weighted by atomic mass is 9.64. The molecule has 0 aromatic heterocycles. The first-order chi connectivity index (χ1) is 11.6. The fraction of sp³-hybridized carbons (Fsp3) is 0.632. The molecular weight excluding hydrogens is 305 g/mol.